The van der Waals surface area contributed by atoms with E-state index in [4.69, 9.17) is 5.73 Å². The van der Waals surface area contributed by atoms with Gasteiger partial charge in [-0.05, 0) is 24.0 Å². The highest BCUT2D eigenvalue weighted by molar-refractivity contribution is 5.73. The first-order chi connectivity index (χ1) is 7.13. The molecule has 1 unspecified atom stereocenters. The molecule has 0 bridgehead atoms. The second-order valence-electron chi connectivity index (χ2n) is 3.62. The van der Waals surface area contributed by atoms with Crippen LogP contribution >= 0.6 is 0 Å². The summed E-state index contributed by atoms with van der Waals surface area (Å²) in [6, 6.07) is 7.76. The summed E-state index contributed by atoms with van der Waals surface area (Å²) in [7, 11) is 0. The number of hydrogen-bond donors (Lipinski definition) is 2. The van der Waals surface area contributed by atoms with Gasteiger partial charge in [0.05, 0.1) is 6.10 Å². The number of amides is 1. The first-order valence-corrected chi connectivity index (χ1v) is 5.18. The zero-order valence-corrected chi connectivity index (χ0v) is 8.94. The fourth-order valence-electron chi connectivity index (χ4n) is 1.42. The quantitative estimate of drug-likeness (QED) is 0.769. The molecule has 3 nitrogen and oxygen atoms in total. The smallest absolute Gasteiger partial charge is 0.217 e. The van der Waals surface area contributed by atoms with Gasteiger partial charge in [0.25, 0.3) is 0 Å². The van der Waals surface area contributed by atoms with Crippen molar-refractivity contribution in [3.05, 3.63) is 35.4 Å². The molecule has 3 heteroatoms. The topological polar surface area (TPSA) is 63.3 Å². The molecule has 15 heavy (non-hydrogen) atoms. The van der Waals surface area contributed by atoms with Crippen LogP contribution in [0.5, 0.6) is 0 Å². The largest absolute Gasteiger partial charge is 0.388 e. The lowest BCUT2D eigenvalue weighted by Crippen LogP contribution is -2.12. The zero-order valence-electron chi connectivity index (χ0n) is 8.94. The molecule has 82 valence electrons. The summed E-state index contributed by atoms with van der Waals surface area (Å²) in [5.74, 6) is -0.376. The summed E-state index contributed by atoms with van der Waals surface area (Å²) in [5, 5.41) is 9.73. The SMILES string of the molecule is CCc1ccc(C(O)CCC(N)=O)cc1. The maximum absolute atomic E-state index is 10.5. The summed E-state index contributed by atoms with van der Waals surface area (Å²) in [6.45, 7) is 2.08. The Morgan fingerprint density at radius 3 is 2.47 bits per heavy atom. The molecule has 0 saturated heterocycles. The molecular weight excluding hydrogens is 190 g/mol. The summed E-state index contributed by atoms with van der Waals surface area (Å²) in [4.78, 5) is 10.5. The third kappa shape index (κ3) is 3.72. The van der Waals surface area contributed by atoms with Crippen LogP contribution in [-0.2, 0) is 11.2 Å². The van der Waals surface area contributed by atoms with Crippen molar-refractivity contribution in [2.45, 2.75) is 32.3 Å². The molecule has 0 radical (unpaired) electrons. The third-order valence-electron chi connectivity index (χ3n) is 2.44. The Morgan fingerprint density at radius 2 is 2.00 bits per heavy atom. The van der Waals surface area contributed by atoms with E-state index in [2.05, 4.69) is 6.92 Å². The lowest BCUT2D eigenvalue weighted by Gasteiger charge is -2.10. The predicted molar refractivity (Wildman–Crippen MR) is 59.2 cm³/mol. The molecule has 3 N–H and O–H groups in total. The lowest BCUT2D eigenvalue weighted by molar-refractivity contribution is -0.118. The van der Waals surface area contributed by atoms with E-state index < -0.39 is 6.10 Å². The molecule has 1 aromatic rings. The molecule has 0 aliphatic carbocycles. The summed E-state index contributed by atoms with van der Waals surface area (Å²) >= 11 is 0. The van der Waals surface area contributed by atoms with Crippen molar-refractivity contribution >= 4 is 5.91 Å². The minimum atomic E-state index is -0.594. The van der Waals surface area contributed by atoms with Gasteiger partial charge in [-0.25, -0.2) is 0 Å². The molecule has 1 atom stereocenters. The van der Waals surface area contributed by atoms with Crippen LogP contribution in [0.4, 0.5) is 0 Å². The lowest BCUT2D eigenvalue weighted by atomic mass is 10.0. The molecular formula is C12H17NO2. The molecule has 0 saturated carbocycles. The maximum atomic E-state index is 10.5. The van der Waals surface area contributed by atoms with E-state index in [9.17, 15) is 9.90 Å². The molecule has 0 fully saturated rings. The van der Waals surface area contributed by atoms with Gasteiger partial charge >= 0.3 is 0 Å². The second-order valence-corrected chi connectivity index (χ2v) is 3.62. The van der Waals surface area contributed by atoms with Crippen LogP contribution in [-0.4, -0.2) is 11.0 Å². The van der Waals surface area contributed by atoms with Gasteiger partial charge in [0.1, 0.15) is 0 Å². The second kappa shape index (κ2) is 5.51. The van der Waals surface area contributed by atoms with Gasteiger partial charge in [-0.2, -0.15) is 0 Å². The third-order valence-corrected chi connectivity index (χ3v) is 2.44. The number of primary amides is 1. The van der Waals surface area contributed by atoms with Crippen LogP contribution in [0.2, 0.25) is 0 Å². The number of carbonyl (C=O) groups excluding carboxylic acids is 1. The first-order valence-electron chi connectivity index (χ1n) is 5.18. The van der Waals surface area contributed by atoms with Gasteiger partial charge < -0.3 is 10.8 Å². The fraction of sp³-hybridized carbons (Fsp3) is 0.417. The number of benzene rings is 1. The van der Waals surface area contributed by atoms with Crippen LogP contribution < -0.4 is 5.73 Å². The average molecular weight is 207 g/mol. The van der Waals surface area contributed by atoms with Gasteiger partial charge in [0.15, 0.2) is 0 Å². The molecule has 0 aromatic heterocycles. The first kappa shape index (κ1) is 11.7. The van der Waals surface area contributed by atoms with Crippen LogP contribution in [0, 0.1) is 0 Å². The Labute approximate surface area is 89.9 Å². The number of aryl methyl sites for hydroxylation is 1. The maximum Gasteiger partial charge on any atom is 0.217 e. The van der Waals surface area contributed by atoms with E-state index in [0.717, 1.165) is 12.0 Å². The minimum absolute atomic E-state index is 0.219. The fourth-order valence-corrected chi connectivity index (χ4v) is 1.42. The number of nitrogens with two attached hydrogens (primary N) is 1. The van der Waals surface area contributed by atoms with Gasteiger partial charge in [0.2, 0.25) is 5.91 Å². The number of carbonyl (C=O) groups is 1. The van der Waals surface area contributed by atoms with E-state index in [1.165, 1.54) is 5.56 Å². The van der Waals surface area contributed by atoms with Crippen molar-refractivity contribution in [1.82, 2.24) is 0 Å². The summed E-state index contributed by atoms with van der Waals surface area (Å²) in [5.41, 5.74) is 7.09. The van der Waals surface area contributed by atoms with Crippen LogP contribution in [0.15, 0.2) is 24.3 Å². The van der Waals surface area contributed by atoms with Crippen LogP contribution in [0.25, 0.3) is 0 Å². The Bertz CT molecular complexity index is 319. The minimum Gasteiger partial charge on any atom is -0.388 e. The predicted octanol–water partition coefficient (Wildman–Crippen LogP) is 1.55. The Hall–Kier alpha value is -1.35. The molecule has 0 aliphatic rings. The highest BCUT2D eigenvalue weighted by Gasteiger charge is 2.08. The van der Waals surface area contributed by atoms with E-state index in [1.54, 1.807) is 0 Å². The monoisotopic (exact) mass is 207 g/mol. The van der Waals surface area contributed by atoms with Crippen molar-refractivity contribution in [1.29, 1.82) is 0 Å². The number of aliphatic hydroxyl groups excluding tert-OH is 1. The summed E-state index contributed by atoms with van der Waals surface area (Å²) in [6.07, 6.45) is 0.998. The summed E-state index contributed by atoms with van der Waals surface area (Å²) < 4.78 is 0. The number of hydrogen-bond acceptors (Lipinski definition) is 2. The Morgan fingerprint density at radius 1 is 1.40 bits per heavy atom. The normalized spacial score (nSPS) is 12.4. The molecule has 0 aliphatic heterocycles. The van der Waals surface area contributed by atoms with Crippen LogP contribution in [0.1, 0.15) is 37.0 Å². The zero-order chi connectivity index (χ0) is 11.3. The number of rotatable bonds is 5. The van der Waals surface area contributed by atoms with Gasteiger partial charge in [-0.15, -0.1) is 0 Å². The van der Waals surface area contributed by atoms with Crippen molar-refractivity contribution in [3.8, 4) is 0 Å². The standard InChI is InChI=1S/C12H17NO2/c1-2-9-3-5-10(6-4-9)11(14)7-8-12(13)15/h3-6,11,14H,2,7-8H2,1H3,(H2,13,15). The van der Waals surface area contributed by atoms with E-state index in [0.29, 0.717) is 6.42 Å². The van der Waals surface area contributed by atoms with Gasteiger partial charge in [-0.3, -0.25) is 4.79 Å². The Balaban J connectivity index is 2.57. The van der Waals surface area contributed by atoms with Crippen molar-refractivity contribution in [2.24, 2.45) is 5.73 Å². The van der Waals surface area contributed by atoms with Crippen LogP contribution in [0.3, 0.4) is 0 Å². The van der Waals surface area contributed by atoms with Crippen molar-refractivity contribution in [2.75, 3.05) is 0 Å². The Kier molecular flexibility index (Phi) is 4.31. The molecule has 1 amide bonds. The highest BCUT2D eigenvalue weighted by atomic mass is 16.3. The van der Waals surface area contributed by atoms with Gasteiger partial charge in [-0.1, -0.05) is 31.2 Å². The molecule has 1 rings (SSSR count). The van der Waals surface area contributed by atoms with E-state index in [-0.39, 0.29) is 12.3 Å². The molecule has 1 aromatic carbocycles. The van der Waals surface area contributed by atoms with Crippen molar-refractivity contribution < 1.29 is 9.90 Å². The highest BCUT2D eigenvalue weighted by Crippen LogP contribution is 2.18. The average Bonchev–Trinajstić information content (AvgIpc) is 2.26. The van der Waals surface area contributed by atoms with E-state index in [1.807, 2.05) is 24.3 Å². The van der Waals surface area contributed by atoms with E-state index >= 15 is 0 Å². The van der Waals surface area contributed by atoms with Gasteiger partial charge in [0, 0.05) is 6.42 Å². The number of aliphatic hydroxyl groups is 1. The van der Waals surface area contributed by atoms with Crippen molar-refractivity contribution in [3.63, 3.8) is 0 Å². The molecule has 0 heterocycles. The molecule has 0 spiro atoms.